The number of esters is 1. The summed E-state index contributed by atoms with van der Waals surface area (Å²) in [5.74, 6) is -0.356. The van der Waals surface area contributed by atoms with Crippen LogP contribution in [0.25, 0.3) is 0 Å². The third kappa shape index (κ3) is 2.34. The highest BCUT2D eigenvalue weighted by Gasteiger charge is 2.19. The van der Waals surface area contributed by atoms with Crippen LogP contribution in [-0.2, 0) is 4.74 Å². The highest BCUT2D eigenvalue weighted by molar-refractivity contribution is 6.02. The monoisotopic (exact) mass is 228 g/mol. The van der Waals surface area contributed by atoms with Gasteiger partial charge in [0.2, 0.25) is 0 Å². The smallest absolute Gasteiger partial charge is 0.337 e. The van der Waals surface area contributed by atoms with E-state index >= 15 is 0 Å². The molecule has 0 fully saturated rings. The van der Waals surface area contributed by atoms with E-state index in [1.165, 1.54) is 7.11 Å². The van der Waals surface area contributed by atoms with Gasteiger partial charge in [0.15, 0.2) is 0 Å². The largest absolute Gasteiger partial charge is 0.465 e. The van der Waals surface area contributed by atoms with Crippen molar-refractivity contribution in [2.24, 2.45) is 10.9 Å². The maximum atomic E-state index is 11.2. The Kier molecular flexibility index (Phi) is 3.20. The van der Waals surface area contributed by atoms with Crippen molar-refractivity contribution < 1.29 is 9.53 Å². The average Bonchev–Trinajstić information content (AvgIpc) is 2.87. The molecule has 0 amide bonds. The van der Waals surface area contributed by atoms with Gasteiger partial charge in [-0.2, -0.15) is 5.26 Å². The minimum absolute atomic E-state index is 0.00900. The number of carbonyl (C=O) groups excluding carboxylic acids is 1. The molecular weight excluding hydrogens is 216 g/mol. The van der Waals surface area contributed by atoms with Crippen LogP contribution in [0.4, 0.5) is 0 Å². The molecule has 0 bridgehead atoms. The topological polar surface area (TPSA) is 62.4 Å². The van der Waals surface area contributed by atoms with Gasteiger partial charge >= 0.3 is 5.97 Å². The maximum Gasteiger partial charge on any atom is 0.337 e. The van der Waals surface area contributed by atoms with Gasteiger partial charge in [0, 0.05) is 12.1 Å². The fourth-order valence-corrected chi connectivity index (χ4v) is 1.80. The molecule has 0 aromatic heterocycles. The molecule has 4 heteroatoms. The summed E-state index contributed by atoms with van der Waals surface area (Å²) < 4.78 is 4.62. The Morgan fingerprint density at radius 2 is 2.18 bits per heavy atom. The van der Waals surface area contributed by atoms with Crippen molar-refractivity contribution >= 4 is 11.7 Å². The summed E-state index contributed by atoms with van der Waals surface area (Å²) >= 11 is 0. The van der Waals surface area contributed by atoms with Gasteiger partial charge < -0.3 is 4.74 Å². The SMILES string of the molecule is COC(=O)c1ccc(C2=NCC(C#N)C2)cc1. The molecule has 17 heavy (non-hydrogen) atoms. The molecule has 2 rings (SSSR count). The zero-order valence-electron chi connectivity index (χ0n) is 9.51. The highest BCUT2D eigenvalue weighted by atomic mass is 16.5. The van der Waals surface area contributed by atoms with Crippen molar-refractivity contribution in [1.29, 1.82) is 5.26 Å². The average molecular weight is 228 g/mol. The minimum atomic E-state index is -0.347. The third-order valence-corrected chi connectivity index (χ3v) is 2.76. The summed E-state index contributed by atoms with van der Waals surface area (Å²) in [5.41, 5.74) is 2.43. The molecule has 1 aliphatic rings. The highest BCUT2D eigenvalue weighted by Crippen LogP contribution is 2.18. The van der Waals surface area contributed by atoms with Gasteiger partial charge in [-0.1, -0.05) is 12.1 Å². The van der Waals surface area contributed by atoms with E-state index in [-0.39, 0.29) is 11.9 Å². The van der Waals surface area contributed by atoms with Crippen LogP contribution in [0.3, 0.4) is 0 Å². The molecule has 1 atom stereocenters. The maximum absolute atomic E-state index is 11.2. The molecule has 0 N–H and O–H groups in total. The Balaban J connectivity index is 2.15. The van der Waals surface area contributed by atoms with E-state index in [1.807, 2.05) is 12.1 Å². The Morgan fingerprint density at radius 1 is 1.47 bits per heavy atom. The molecule has 1 aromatic carbocycles. The number of benzene rings is 1. The van der Waals surface area contributed by atoms with E-state index < -0.39 is 0 Å². The summed E-state index contributed by atoms with van der Waals surface area (Å²) in [4.78, 5) is 15.6. The third-order valence-electron chi connectivity index (χ3n) is 2.76. The normalized spacial score (nSPS) is 18.4. The number of aliphatic imine (C=N–C) groups is 1. The van der Waals surface area contributed by atoms with E-state index in [0.29, 0.717) is 18.5 Å². The van der Waals surface area contributed by atoms with Gasteiger partial charge in [0.1, 0.15) is 0 Å². The lowest BCUT2D eigenvalue weighted by Crippen LogP contribution is -2.04. The number of methoxy groups -OCH3 is 1. The first kappa shape index (κ1) is 11.3. The number of hydrogen-bond donors (Lipinski definition) is 0. The van der Waals surface area contributed by atoms with Crippen LogP contribution in [0.2, 0.25) is 0 Å². The van der Waals surface area contributed by atoms with Crippen molar-refractivity contribution in [3.05, 3.63) is 35.4 Å². The van der Waals surface area contributed by atoms with Crippen LogP contribution >= 0.6 is 0 Å². The molecule has 1 aliphatic heterocycles. The molecule has 4 nitrogen and oxygen atoms in total. The lowest BCUT2D eigenvalue weighted by molar-refractivity contribution is 0.0601. The van der Waals surface area contributed by atoms with E-state index in [0.717, 1.165) is 11.3 Å². The Hall–Kier alpha value is -2.15. The van der Waals surface area contributed by atoms with E-state index in [9.17, 15) is 4.79 Å². The Morgan fingerprint density at radius 3 is 2.71 bits per heavy atom. The van der Waals surface area contributed by atoms with Crippen molar-refractivity contribution in [2.75, 3.05) is 13.7 Å². The zero-order valence-corrected chi connectivity index (χ0v) is 9.51. The molecule has 0 aliphatic carbocycles. The second-order valence-electron chi connectivity index (χ2n) is 3.89. The van der Waals surface area contributed by atoms with Gasteiger partial charge in [0.05, 0.1) is 31.2 Å². The lowest BCUT2D eigenvalue weighted by atomic mass is 10.0. The number of nitriles is 1. The first-order valence-electron chi connectivity index (χ1n) is 5.36. The van der Waals surface area contributed by atoms with Crippen LogP contribution in [0.15, 0.2) is 29.3 Å². The Labute approximate surface area is 99.5 Å². The van der Waals surface area contributed by atoms with Crippen LogP contribution in [-0.4, -0.2) is 25.3 Å². The summed E-state index contributed by atoms with van der Waals surface area (Å²) in [6, 6.07) is 9.31. The molecule has 1 aromatic rings. The lowest BCUT2D eigenvalue weighted by Gasteiger charge is -2.03. The minimum Gasteiger partial charge on any atom is -0.465 e. The fraction of sp³-hybridized carbons (Fsp3) is 0.308. The van der Waals surface area contributed by atoms with Crippen molar-refractivity contribution in [3.8, 4) is 6.07 Å². The fourth-order valence-electron chi connectivity index (χ4n) is 1.80. The van der Waals surface area contributed by atoms with Crippen LogP contribution < -0.4 is 0 Å². The quantitative estimate of drug-likeness (QED) is 0.725. The van der Waals surface area contributed by atoms with Crippen molar-refractivity contribution in [3.63, 3.8) is 0 Å². The van der Waals surface area contributed by atoms with Crippen LogP contribution in [0.5, 0.6) is 0 Å². The molecule has 0 saturated heterocycles. The first-order valence-corrected chi connectivity index (χ1v) is 5.36. The molecule has 1 unspecified atom stereocenters. The van der Waals surface area contributed by atoms with Gasteiger partial charge in [-0.15, -0.1) is 0 Å². The number of nitrogens with zero attached hydrogens (tertiary/aromatic N) is 2. The zero-order chi connectivity index (χ0) is 12.3. The molecule has 86 valence electrons. The van der Waals surface area contributed by atoms with E-state index in [4.69, 9.17) is 5.26 Å². The molecule has 0 radical (unpaired) electrons. The number of rotatable bonds is 2. The van der Waals surface area contributed by atoms with Gasteiger partial charge in [-0.3, -0.25) is 4.99 Å². The second-order valence-corrected chi connectivity index (χ2v) is 3.89. The van der Waals surface area contributed by atoms with Crippen molar-refractivity contribution in [2.45, 2.75) is 6.42 Å². The molecule has 1 heterocycles. The van der Waals surface area contributed by atoms with Crippen LogP contribution in [0.1, 0.15) is 22.3 Å². The Bertz CT molecular complexity index is 497. The van der Waals surface area contributed by atoms with Gasteiger partial charge in [-0.25, -0.2) is 4.79 Å². The first-order chi connectivity index (χ1) is 8.24. The van der Waals surface area contributed by atoms with Crippen molar-refractivity contribution in [1.82, 2.24) is 0 Å². The predicted octanol–water partition coefficient (Wildman–Crippen LogP) is 1.81. The van der Waals surface area contributed by atoms with E-state index in [2.05, 4.69) is 15.8 Å². The molecule has 0 saturated carbocycles. The summed E-state index contributed by atoms with van der Waals surface area (Å²) in [6.45, 7) is 0.574. The predicted molar refractivity (Wildman–Crippen MR) is 62.9 cm³/mol. The number of hydrogen-bond acceptors (Lipinski definition) is 4. The summed E-state index contributed by atoms with van der Waals surface area (Å²) in [5, 5.41) is 8.79. The number of ether oxygens (including phenoxy) is 1. The van der Waals surface area contributed by atoms with Gasteiger partial charge in [0.25, 0.3) is 0 Å². The molecular formula is C13H12N2O2. The summed E-state index contributed by atoms with van der Waals surface area (Å²) in [7, 11) is 1.36. The second kappa shape index (κ2) is 4.79. The standard InChI is InChI=1S/C13H12N2O2/c1-17-13(16)11-4-2-10(3-5-11)12-6-9(7-14)8-15-12/h2-5,9H,6,8H2,1H3. The number of carbonyl (C=O) groups is 1. The van der Waals surface area contributed by atoms with Gasteiger partial charge in [-0.05, 0) is 17.7 Å². The summed E-state index contributed by atoms with van der Waals surface area (Å²) in [6.07, 6.45) is 0.689. The van der Waals surface area contributed by atoms with Crippen LogP contribution in [0, 0.1) is 17.2 Å². The molecule has 0 spiro atoms. The van der Waals surface area contributed by atoms with E-state index in [1.54, 1.807) is 12.1 Å².